The van der Waals surface area contributed by atoms with Crippen LogP contribution in [0.15, 0.2) is 12.3 Å². The van der Waals surface area contributed by atoms with E-state index in [-0.39, 0.29) is 6.03 Å². The zero-order chi connectivity index (χ0) is 11.3. The molecule has 6 nitrogen and oxygen atoms in total. The molecule has 2 N–H and O–H groups in total. The van der Waals surface area contributed by atoms with E-state index in [4.69, 9.17) is 5.11 Å². The van der Waals surface area contributed by atoms with Gasteiger partial charge in [0, 0.05) is 38.5 Å². The smallest absolute Gasteiger partial charge is 0.329 e. The van der Waals surface area contributed by atoms with Crippen LogP contribution in [0, 0.1) is 0 Å². The average molecular weight is 213 g/mol. The number of carboxylic acids is 1. The third kappa shape index (κ3) is 3.99. The van der Waals surface area contributed by atoms with Gasteiger partial charge in [0.1, 0.15) is 0 Å². The van der Waals surface area contributed by atoms with Crippen LogP contribution in [-0.4, -0.2) is 60.1 Å². The first-order valence-corrected chi connectivity index (χ1v) is 4.73. The van der Waals surface area contributed by atoms with E-state index in [1.807, 2.05) is 7.05 Å². The third-order valence-corrected chi connectivity index (χ3v) is 2.22. The maximum absolute atomic E-state index is 11.4. The minimum Gasteiger partial charge on any atom is -0.478 e. The van der Waals surface area contributed by atoms with Crippen molar-refractivity contribution in [3.8, 4) is 0 Å². The van der Waals surface area contributed by atoms with Crippen LogP contribution >= 0.6 is 0 Å². The Labute approximate surface area is 88.2 Å². The zero-order valence-corrected chi connectivity index (χ0v) is 8.64. The molecule has 0 aromatic rings. The van der Waals surface area contributed by atoms with Gasteiger partial charge >= 0.3 is 12.0 Å². The van der Waals surface area contributed by atoms with E-state index in [1.165, 1.54) is 0 Å². The number of rotatable bonds is 2. The molecule has 2 amide bonds. The lowest BCUT2D eigenvalue weighted by Crippen LogP contribution is -2.49. The van der Waals surface area contributed by atoms with Crippen molar-refractivity contribution in [2.45, 2.75) is 0 Å². The van der Waals surface area contributed by atoms with Crippen LogP contribution in [0.1, 0.15) is 0 Å². The number of carbonyl (C=O) groups is 2. The quantitative estimate of drug-likeness (QED) is 0.609. The fourth-order valence-electron chi connectivity index (χ4n) is 1.29. The van der Waals surface area contributed by atoms with E-state index in [9.17, 15) is 9.59 Å². The molecular formula is C9H15N3O3. The molecule has 0 radical (unpaired) electrons. The first-order valence-electron chi connectivity index (χ1n) is 4.73. The normalized spacial score (nSPS) is 18.1. The molecule has 0 atom stereocenters. The molecular weight excluding hydrogens is 198 g/mol. The third-order valence-electron chi connectivity index (χ3n) is 2.22. The number of aliphatic carboxylic acids is 1. The molecule has 0 aromatic heterocycles. The molecule has 0 unspecified atom stereocenters. The number of amides is 2. The van der Waals surface area contributed by atoms with Gasteiger partial charge in [0.05, 0.1) is 0 Å². The van der Waals surface area contributed by atoms with Gasteiger partial charge in [0.2, 0.25) is 0 Å². The molecule has 0 aromatic carbocycles. The Hall–Kier alpha value is -1.56. The number of hydrogen-bond donors (Lipinski definition) is 2. The molecule has 1 heterocycles. The van der Waals surface area contributed by atoms with Gasteiger partial charge in [-0.3, -0.25) is 0 Å². The second-order valence-corrected chi connectivity index (χ2v) is 3.41. The fourth-order valence-corrected chi connectivity index (χ4v) is 1.29. The van der Waals surface area contributed by atoms with Crippen molar-refractivity contribution >= 4 is 12.0 Å². The summed E-state index contributed by atoms with van der Waals surface area (Å²) in [6.07, 6.45) is 2.04. The highest BCUT2D eigenvalue weighted by atomic mass is 16.4. The summed E-state index contributed by atoms with van der Waals surface area (Å²) in [6, 6.07) is -0.249. The summed E-state index contributed by atoms with van der Waals surface area (Å²) in [5.41, 5.74) is 0. The molecule has 15 heavy (non-hydrogen) atoms. The average Bonchev–Trinajstić information content (AvgIpc) is 2.18. The number of nitrogens with zero attached hydrogens (tertiary/aromatic N) is 2. The van der Waals surface area contributed by atoms with Gasteiger partial charge in [0.25, 0.3) is 0 Å². The Morgan fingerprint density at radius 2 is 1.87 bits per heavy atom. The minimum absolute atomic E-state index is 0.249. The van der Waals surface area contributed by atoms with Crippen molar-refractivity contribution in [2.24, 2.45) is 0 Å². The first kappa shape index (κ1) is 11.5. The van der Waals surface area contributed by atoms with Crippen LogP contribution in [0.2, 0.25) is 0 Å². The highest BCUT2D eigenvalue weighted by Crippen LogP contribution is 1.98. The van der Waals surface area contributed by atoms with E-state index in [2.05, 4.69) is 10.2 Å². The summed E-state index contributed by atoms with van der Waals surface area (Å²) in [7, 11) is 2.00. The van der Waals surface area contributed by atoms with E-state index in [0.29, 0.717) is 13.1 Å². The van der Waals surface area contributed by atoms with Crippen molar-refractivity contribution in [1.29, 1.82) is 0 Å². The Bertz CT molecular complexity index is 270. The van der Waals surface area contributed by atoms with E-state index < -0.39 is 5.97 Å². The second kappa shape index (κ2) is 5.35. The maximum atomic E-state index is 11.4. The molecule has 1 aliphatic rings. The molecule has 0 saturated carbocycles. The molecule has 1 aliphatic heterocycles. The second-order valence-electron chi connectivity index (χ2n) is 3.41. The summed E-state index contributed by atoms with van der Waals surface area (Å²) >= 11 is 0. The van der Waals surface area contributed by atoms with Crippen molar-refractivity contribution in [2.75, 3.05) is 33.2 Å². The van der Waals surface area contributed by atoms with E-state index in [0.717, 1.165) is 25.4 Å². The van der Waals surface area contributed by atoms with Crippen molar-refractivity contribution in [3.63, 3.8) is 0 Å². The number of carbonyl (C=O) groups excluding carboxylic acids is 1. The number of likely N-dealkylation sites (N-methyl/N-ethyl adjacent to an activating group) is 1. The Kier molecular flexibility index (Phi) is 4.11. The van der Waals surface area contributed by atoms with Crippen LogP contribution in [0.25, 0.3) is 0 Å². The topological polar surface area (TPSA) is 72.9 Å². The summed E-state index contributed by atoms with van der Waals surface area (Å²) in [4.78, 5) is 25.4. The van der Waals surface area contributed by atoms with Crippen LogP contribution in [0.4, 0.5) is 4.79 Å². The highest BCUT2D eigenvalue weighted by molar-refractivity contribution is 5.81. The van der Waals surface area contributed by atoms with Gasteiger partial charge in [-0.05, 0) is 7.05 Å². The number of piperazine rings is 1. The molecule has 1 saturated heterocycles. The number of nitrogens with one attached hydrogen (secondary N) is 1. The number of hydrogen-bond acceptors (Lipinski definition) is 3. The molecule has 6 heteroatoms. The van der Waals surface area contributed by atoms with Crippen LogP contribution in [0.5, 0.6) is 0 Å². The van der Waals surface area contributed by atoms with Gasteiger partial charge in [-0.25, -0.2) is 9.59 Å². The van der Waals surface area contributed by atoms with Gasteiger partial charge in [0.15, 0.2) is 0 Å². The fraction of sp³-hybridized carbons (Fsp3) is 0.556. The van der Waals surface area contributed by atoms with Gasteiger partial charge in [-0.2, -0.15) is 0 Å². The molecule has 1 fully saturated rings. The summed E-state index contributed by atoms with van der Waals surface area (Å²) in [5.74, 6) is -1.08. The number of carboxylic acid groups (broad SMARTS) is 1. The molecule has 84 valence electrons. The SMILES string of the molecule is CN1CCN(C(=O)N/C=C/C(=O)O)CC1. The van der Waals surface area contributed by atoms with Crippen LogP contribution in [-0.2, 0) is 4.79 Å². The maximum Gasteiger partial charge on any atom is 0.329 e. The number of urea groups is 1. The van der Waals surface area contributed by atoms with Crippen molar-refractivity contribution < 1.29 is 14.7 Å². The molecule has 0 aliphatic carbocycles. The zero-order valence-electron chi connectivity index (χ0n) is 8.64. The molecule has 0 spiro atoms. The van der Waals surface area contributed by atoms with Crippen molar-refractivity contribution in [3.05, 3.63) is 12.3 Å². The van der Waals surface area contributed by atoms with Crippen molar-refractivity contribution in [1.82, 2.24) is 15.1 Å². The monoisotopic (exact) mass is 213 g/mol. The van der Waals surface area contributed by atoms with E-state index in [1.54, 1.807) is 4.90 Å². The standard InChI is InChI=1S/C9H15N3O3/c1-11-4-6-12(7-5-11)9(15)10-3-2-8(13)14/h2-3H,4-7H2,1H3,(H,10,15)(H,13,14)/b3-2+. The molecule has 1 rings (SSSR count). The van der Waals surface area contributed by atoms with Gasteiger partial charge in [-0.1, -0.05) is 0 Å². The lowest BCUT2D eigenvalue weighted by atomic mass is 10.3. The lowest BCUT2D eigenvalue weighted by molar-refractivity contribution is -0.131. The summed E-state index contributed by atoms with van der Waals surface area (Å²) < 4.78 is 0. The summed E-state index contributed by atoms with van der Waals surface area (Å²) in [6.45, 7) is 3.03. The minimum atomic E-state index is -1.08. The Morgan fingerprint density at radius 3 is 2.40 bits per heavy atom. The highest BCUT2D eigenvalue weighted by Gasteiger charge is 2.17. The Morgan fingerprint density at radius 1 is 1.27 bits per heavy atom. The molecule has 0 bridgehead atoms. The largest absolute Gasteiger partial charge is 0.478 e. The predicted octanol–water partition coefficient (Wildman–Crippen LogP) is -0.458. The lowest BCUT2D eigenvalue weighted by Gasteiger charge is -2.31. The van der Waals surface area contributed by atoms with Gasteiger partial charge in [-0.15, -0.1) is 0 Å². The predicted molar refractivity (Wildman–Crippen MR) is 54.4 cm³/mol. The van der Waals surface area contributed by atoms with Gasteiger partial charge < -0.3 is 20.2 Å². The first-order chi connectivity index (χ1) is 7.09. The summed E-state index contributed by atoms with van der Waals surface area (Å²) in [5, 5.41) is 10.7. The van der Waals surface area contributed by atoms with E-state index >= 15 is 0 Å². The van der Waals surface area contributed by atoms with Crippen LogP contribution < -0.4 is 5.32 Å². The Balaban J connectivity index is 2.31. The van der Waals surface area contributed by atoms with Crippen LogP contribution in [0.3, 0.4) is 0 Å².